The Kier molecular flexibility index (Phi) is 5.99. The van der Waals surface area contributed by atoms with Gasteiger partial charge in [0.15, 0.2) is 0 Å². The molecule has 0 aliphatic heterocycles. The quantitative estimate of drug-likeness (QED) is 0.675. The average Bonchev–Trinajstić information content (AvgIpc) is 2.71. The second-order valence-corrected chi connectivity index (χ2v) is 6.07. The molecule has 3 rings (SSSR count). The summed E-state index contributed by atoms with van der Waals surface area (Å²) in [6.45, 7) is 0.332. The molecule has 0 saturated heterocycles. The first-order chi connectivity index (χ1) is 13.2. The van der Waals surface area contributed by atoms with Crippen molar-refractivity contribution in [1.82, 2.24) is 15.6 Å². The fourth-order valence-corrected chi connectivity index (χ4v) is 2.73. The topological polar surface area (TPSA) is 80.3 Å². The minimum absolute atomic E-state index is 0.0623. The second kappa shape index (κ2) is 8.80. The molecule has 0 spiro atoms. The van der Waals surface area contributed by atoms with E-state index in [0.717, 1.165) is 27.8 Å². The molecule has 0 saturated carbocycles. The molecule has 138 valence electrons. The van der Waals surface area contributed by atoms with Crippen molar-refractivity contribution in [1.29, 1.82) is 0 Å². The first kappa shape index (κ1) is 18.4. The van der Waals surface area contributed by atoms with Crippen molar-refractivity contribution in [3.63, 3.8) is 0 Å². The van der Waals surface area contributed by atoms with Crippen LogP contribution in [0.1, 0.15) is 11.1 Å². The SMILES string of the molecule is COc1ccc(CNC(=O)CNC(=O)Cc2cccc3cccnc23)cc1. The summed E-state index contributed by atoms with van der Waals surface area (Å²) in [6.07, 6.45) is 1.89. The fraction of sp³-hybridized carbons (Fsp3) is 0.190. The van der Waals surface area contributed by atoms with E-state index in [0.29, 0.717) is 6.54 Å². The summed E-state index contributed by atoms with van der Waals surface area (Å²) < 4.78 is 5.10. The molecule has 0 fully saturated rings. The van der Waals surface area contributed by atoms with Gasteiger partial charge in [-0.1, -0.05) is 36.4 Å². The number of para-hydroxylation sites is 1. The van der Waals surface area contributed by atoms with Crippen molar-refractivity contribution in [2.24, 2.45) is 0 Å². The lowest BCUT2D eigenvalue weighted by atomic mass is 10.1. The molecule has 1 aromatic heterocycles. The number of amides is 2. The van der Waals surface area contributed by atoms with Crippen LogP contribution in [0.3, 0.4) is 0 Å². The van der Waals surface area contributed by atoms with Gasteiger partial charge < -0.3 is 15.4 Å². The molecule has 27 heavy (non-hydrogen) atoms. The average molecular weight is 363 g/mol. The first-order valence-corrected chi connectivity index (χ1v) is 8.64. The van der Waals surface area contributed by atoms with Crippen LogP contribution in [-0.2, 0) is 22.6 Å². The predicted octanol–water partition coefficient (Wildman–Crippen LogP) is 2.22. The van der Waals surface area contributed by atoms with Gasteiger partial charge in [-0.25, -0.2) is 0 Å². The Morgan fingerprint density at radius 3 is 2.52 bits per heavy atom. The third-order valence-corrected chi connectivity index (χ3v) is 4.16. The van der Waals surface area contributed by atoms with Crippen molar-refractivity contribution in [3.8, 4) is 5.75 Å². The van der Waals surface area contributed by atoms with Gasteiger partial charge in [-0.3, -0.25) is 14.6 Å². The van der Waals surface area contributed by atoms with E-state index >= 15 is 0 Å². The van der Waals surface area contributed by atoms with Crippen LogP contribution in [0.4, 0.5) is 0 Å². The Morgan fingerprint density at radius 2 is 1.74 bits per heavy atom. The molecule has 0 radical (unpaired) electrons. The number of carbonyl (C=O) groups excluding carboxylic acids is 2. The smallest absolute Gasteiger partial charge is 0.239 e. The number of pyridine rings is 1. The van der Waals surface area contributed by atoms with E-state index in [4.69, 9.17) is 4.74 Å². The lowest BCUT2D eigenvalue weighted by Crippen LogP contribution is -2.37. The second-order valence-electron chi connectivity index (χ2n) is 6.07. The fourth-order valence-electron chi connectivity index (χ4n) is 2.73. The van der Waals surface area contributed by atoms with E-state index in [9.17, 15) is 9.59 Å². The van der Waals surface area contributed by atoms with E-state index in [1.807, 2.05) is 54.6 Å². The number of ether oxygens (including phenoxy) is 1. The van der Waals surface area contributed by atoms with Crippen LogP contribution in [0.2, 0.25) is 0 Å². The number of methoxy groups -OCH3 is 1. The highest BCUT2D eigenvalue weighted by Gasteiger charge is 2.09. The molecule has 0 aliphatic rings. The number of aromatic nitrogens is 1. The van der Waals surface area contributed by atoms with Crippen LogP contribution in [0.15, 0.2) is 60.8 Å². The van der Waals surface area contributed by atoms with Gasteiger partial charge in [0, 0.05) is 18.1 Å². The van der Waals surface area contributed by atoms with Gasteiger partial charge in [-0.2, -0.15) is 0 Å². The summed E-state index contributed by atoms with van der Waals surface area (Å²) in [4.78, 5) is 28.5. The standard InChI is InChI=1S/C21H21N3O3/c1-27-18-9-7-15(8-10-18)13-23-20(26)14-24-19(25)12-17-5-2-4-16-6-3-11-22-21(16)17/h2-11H,12-14H2,1H3,(H,23,26)(H,24,25). The highest BCUT2D eigenvalue weighted by Crippen LogP contribution is 2.16. The van der Waals surface area contributed by atoms with Crippen LogP contribution in [-0.4, -0.2) is 30.5 Å². The zero-order valence-electron chi connectivity index (χ0n) is 15.1. The number of hydrogen-bond acceptors (Lipinski definition) is 4. The zero-order chi connectivity index (χ0) is 19.1. The Morgan fingerprint density at radius 1 is 0.963 bits per heavy atom. The van der Waals surface area contributed by atoms with Gasteiger partial charge >= 0.3 is 0 Å². The van der Waals surface area contributed by atoms with Crippen molar-refractivity contribution >= 4 is 22.7 Å². The molecule has 3 aromatic rings. The van der Waals surface area contributed by atoms with Gasteiger partial charge in [0.05, 0.1) is 25.6 Å². The van der Waals surface area contributed by atoms with E-state index in [-0.39, 0.29) is 24.8 Å². The number of nitrogens with one attached hydrogen (secondary N) is 2. The number of carbonyl (C=O) groups is 2. The van der Waals surface area contributed by atoms with Crippen molar-refractivity contribution in [2.75, 3.05) is 13.7 Å². The minimum atomic E-state index is -0.241. The first-order valence-electron chi connectivity index (χ1n) is 8.64. The Balaban J connectivity index is 1.47. The lowest BCUT2D eigenvalue weighted by Gasteiger charge is -2.09. The Hall–Kier alpha value is -3.41. The third-order valence-electron chi connectivity index (χ3n) is 4.16. The van der Waals surface area contributed by atoms with Gasteiger partial charge in [0.25, 0.3) is 0 Å². The van der Waals surface area contributed by atoms with Crippen LogP contribution < -0.4 is 15.4 Å². The molecule has 0 bridgehead atoms. The lowest BCUT2D eigenvalue weighted by molar-refractivity contribution is -0.125. The molecule has 6 heteroatoms. The Labute approximate surface area is 157 Å². The van der Waals surface area contributed by atoms with Crippen molar-refractivity contribution in [3.05, 3.63) is 71.9 Å². The number of hydrogen-bond donors (Lipinski definition) is 2. The molecule has 6 nitrogen and oxygen atoms in total. The van der Waals surface area contributed by atoms with Crippen LogP contribution >= 0.6 is 0 Å². The maximum absolute atomic E-state index is 12.2. The summed E-state index contributed by atoms with van der Waals surface area (Å²) in [5, 5.41) is 6.42. The van der Waals surface area contributed by atoms with E-state index in [1.165, 1.54) is 0 Å². The van der Waals surface area contributed by atoms with Crippen molar-refractivity contribution < 1.29 is 14.3 Å². The number of fused-ring (bicyclic) bond motifs is 1. The largest absolute Gasteiger partial charge is 0.497 e. The summed E-state index contributed by atoms with van der Waals surface area (Å²) in [6, 6.07) is 17.0. The Bertz CT molecular complexity index is 934. The molecule has 2 N–H and O–H groups in total. The summed E-state index contributed by atoms with van der Waals surface area (Å²) in [7, 11) is 1.60. The molecule has 2 amide bonds. The maximum Gasteiger partial charge on any atom is 0.239 e. The zero-order valence-corrected chi connectivity index (χ0v) is 15.1. The van der Waals surface area contributed by atoms with Gasteiger partial charge in [-0.05, 0) is 29.3 Å². The van der Waals surface area contributed by atoms with E-state index < -0.39 is 0 Å². The maximum atomic E-state index is 12.2. The highest BCUT2D eigenvalue weighted by molar-refractivity contribution is 5.89. The van der Waals surface area contributed by atoms with Crippen LogP contribution in [0, 0.1) is 0 Å². The van der Waals surface area contributed by atoms with Gasteiger partial charge in [-0.15, -0.1) is 0 Å². The third kappa shape index (κ3) is 5.04. The molecule has 0 unspecified atom stereocenters. The van der Waals surface area contributed by atoms with Crippen LogP contribution in [0.25, 0.3) is 10.9 Å². The van der Waals surface area contributed by atoms with Crippen molar-refractivity contribution in [2.45, 2.75) is 13.0 Å². The molecule has 0 atom stereocenters. The number of nitrogens with zero attached hydrogens (tertiary/aromatic N) is 1. The molecular weight excluding hydrogens is 342 g/mol. The summed E-state index contributed by atoms with van der Waals surface area (Å²) in [5.41, 5.74) is 2.60. The normalized spacial score (nSPS) is 10.4. The van der Waals surface area contributed by atoms with E-state index in [2.05, 4.69) is 15.6 Å². The molecule has 0 aliphatic carbocycles. The number of benzene rings is 2. The van der Waals surface area contributed by atoms with Gasteiger partial charge in [0.2, 0.25) is 11.8 Å². The van der Waals surface area contributed by atoms with Crippen LogP contribution in [0.5, 0.6) is 5.75 Å². The summed E-state index contributed by atoms with van der Waals surface area (Å²) >= 11 is 0. The number of rotatable bonds is 7. The predicted molar refractivity (Wildman–Crippen MR) is 103 cm³/mol. The molecular formula is C21H21N3O3. The monoisotopic (exact) mass is 363 g/mol. The highest BCUT2D eigenvalue weighted by atomic mass is 16.5. The molecule has 2 aromatic carbocycles. The molecule has 1 heterocycles. The summed E-state index contributed by atoms with van der Waals surface area (Å²) in [5.74, 6) is 0.309. The van der Waals surface area contributed by atoms with Gasteiger partial charge in [0.1, 0.15) is 5.75 Å². The minimum Gasteiger partial charge on any atom is -0.497 e. The van der Waals surface area contributed by atoms with E-state index in [1.54, 1.807) is 13.3 Å².